The molecule has 1 atom stereocenters. The molecule has 0 saturated heterocycles. The predicted octanol–water partition coefficient (Wildman–Crippen LogP) is 5.81. The van der Waals surface area contributed by atoms with E-state index in [9.17, 15) is 4.79 Å². The summed E-state index contributed by atoms with van der Waals surface area (Å²) in [6.45, 7) is 9.95. The van der Waals surface area contributed by atoms with Gasteiger partial charge in [-0.15, -0.1) is 0 Å². The molecule has 0 radical (unpaired) electrons. The van der Waals surface area contributed by atoms with Gasteiger partial charge < -0.3 is 14.0 Å². The van der Waals surface area contributed by atoms with E-state index in [2.05, 4.69) is 10.1 Å². The Morgan fingerprint density at radius 1 is 1.21 bits per heavy atom. The number of ether oxygens (including phenoxy) is 2. The second-order valence-electron chi connectivity index (χ2n) is 8.40. The van der Waals surface area contributed by atoms with Crippen LogP contribution in [0.15, 0.2) is 4.52 Å². The highest BCUT2D eigenvalue weighted by molar-refractivity contribution is 5.70. The second-order valence-corrected chi connectivity index (χ2v) is 8.40. The van der Waals surface area contributed by atoms with Gasteiger partial charge in [0.1, 0.15) is 12.2 Å². The molecular weight excluding hydrogens is 356 g/mol. The van der Waals surface area contributed by atoms with Crippen molar-refractivity contribution in [3.05, 3.63) is 11.7 Å². The van der Waals surface area contributed by atoms with Gasteiger partial charge in [0.05, 0.1) is 6.42 Å². The third kappa shape index (κ3) is 9.67. The van der Waals surface area contributed by atoms with E-state index >= 15 is 0 Å². The van der Waals surface area contributed by atoms with Crippen LogP contribution < -0.4 is 0 Å². The molecule has 6 heteroatoms. The monoisotopic (exact) mass is 396 g/mol. The SMILES string of the molecule is CC.COCc1noc(C(CCCC2CCCCC2)CC(=O)OC(C)(C)C)n1. The van der Waals surface area contributed by atoms with Gasteiger partial charge in [0, 0.05) is 13.0 Å². The third-order valence-corrected chi connectivity index (χ3v) is 4.83. The number of methoxy groups -OCH3 is 1. The summed E-state index contributed by atoms with van der Waals surface area (Å²) >= 11 is 0. The minimum absolute atomic E-state index is 0.0912. The lowest BCUT2D eigenvalue weighted by molar-refractivity contribution is -0.155. The molecule has 0 amide bonds. The average Bonchev–Trinajstić information content (AvgIpc) is 3.11. The fourth-order valence-electron chi connectivity index (χ4n) is 3.65. The van der Waals surface area contributed by atoms with E-state index in [-0.39, 0.29) is 18.3 Å². The van der Waals surface area contributed by atoms with Crippen LogP contribution in [-0.2, 0) is 20.9 Å². The van der Waals surface area contributed by atoms with Gasteiger partial charge in [0.25, 0.3) is 0 Å². The molecule has 1 aromatic rings. The Hall–Kier alpha value is -1.43. The van der Waals surface area contributed by atoms with Crippen molar-refractivity contribution in [2.75, 3.05) is 7.11 Å². The number of hydrogen-bond acceptors (Lipinski definition) is 6. The molecule has 2 rings (SSSR count). The van der Waals surface area contributed by atoms with Crippen molar-refractivity contribution in [1.82, 2.24) is 10.1 Å². The molecule has 0 bridgehead atoms. The molecule has 0 aromatic carbocycles. The Labute approximate surface area is 170 Å². The molecule has 1 fully saturated rings. The number of hydrogen-bond donors (Lipinski definition) is 0. The van der Waals surface area contributed by atoms with E-state index in [4.69, 9.17) is 14.0 Å². The molecule has 1 aliphatic carbocycles. The molecule has 28 heavy (non-hydrogen) atoms. The molecular formula is C22H40N2O4. The van der Waals surface area contributed by atoms with Crippen molar-refractivity contribution < 1.29 is 18.8 Å². The zero-order valence-electron chi connectivity index (χ0n) is 18.8. The number of carbonyl (C=O) groups excluding carboxylic acids is 1. The molecule has 0 aliphatic heterocycles. The quantitative estimate of drug-likeness (QED) is 0.490. The molecule has 1 unspecified atom stereocenters. The van der Waals surface area contributed by atoms with E-state index in [0.717, 1.165) is 18.8 Å². The van der Waals surface area contributed by atoms with Crippen LogP contribution in [-0.4, -0.2) is 28.8 Å². The first-order valence-corrected chi connectivity index (χ1v) is 10.9. The van der Waals surface area contributed by atoms with Crippen molar-refractivity contribution in [3.8, 4) is 0 Å². The summed E-state index contributed by atoms with van der Waals surface area (Å²) < 4.78 is 15.9. The van der Waals surface area contributed by atoms with Crippen LogP contribution in [0.2, 0.25) is 0 Å². The summed E-state index contributed by atoms with van der Waals surface area (Å²) in [5.74, 6) is 1.56. The minimum atomic E-state index is -0.486. The first-order valence-electron chi connectivity index (χ1n) is 10.9. The van der Waals surface area contributed by atoms with Crippen LogP contribution in [0.4, 0.5) is 0 Å². The molecule has 1 saturated carbocycles. The van der Waals surface area contributed by atoms with Gasteiger partial charge in [0.15, 0.2) is 5.82 Å². The maximum Gasteiger partial charge on any atom is 0.307 e. The Morgan fingerprint density at radius 3 is 2.50 bits per heavy atom. The minimum Gasteiger partial charge on any atom is -0.460 e. The number of carbonyl (C=O) groups is 1. The Morgan fingerprint density at radius 2 is 1.89 bits per heavy atom. The van der Waals surface area contributed by atoms with Crippen molar-refractivity contribution in [3.63, 3.8) is 0 Å². The normalized spacial score (nSPS) is 16.2. The van der Waals surface area contributed by atoms with Gasteiger partial charge >= 0.3 is 5.97 Å². The zero-order chi connectivity index (χ0) is 21.0. The number of esters is 1. The van der Waals surface area contributed by atoms with E-state index < -0.39 is 5.60 Å². The first-order chi connectivity index (χ1) is 13.4. The highest BCUT2D eigenvalue weighted by atomic mass is 16.6. The van der Waals surface area contributed by atoms with Crippen LogP contribution in [0.5, 0.6) is 0 Å². The largest absolute Gasteiger partial charge is 0.460 e. The fourth-order valence-corrected chi connectivity index (χ4v) is 3.65. The molecule has 1 aromatic heterocycles. The van der Waals surface area contributed by atoms with Crippen molar-refractivity contribution >= 4 is 5.97 Å². The fraction of sp³-hybridized carbons (Fsp3) is 0.864. The second kappa shape index (κ2) is 12.9. The Kier molecular flexibility index (Phi) is 11.4. The van der Waals surface area contributed by atoms with Gasteiger partial charge in [-0.25, -0.2) is 0 Å². The number of rotatable bonds is 9. The molecule has 0 spiro atoms. The van der Waals surface area contributed by atoms with Gasteiger partial charge in [-0.05, 0) is 33.1 Å². The summed E-state index contributed by atoms with van der Waals surface area (Å²) in [6, 6.07) is 0. The standard InChI is InChI=1S/C20H34N2O4.C2H6/c1-20(2,3)25-18(23)13-16(19-21-17(14-24-4)22-26-19)12-8-11-15-9-6-5-7-10-15;1-2/h15-16H,5-14H2,1-4H3;1-2H3. The van der Waals surface area contributed by atoms with Crippen LogP contribution in [0.25, 0.3) is 0 Å². The molecule has 162 valence electrons. The van der Waals surface area contributed by atoms with Crippen molar-refractivity contribution in [1.29, 1.82) is 0 Å². The highest BCUT2D eigenvalue weighted by Gasteiger charge is 2.26. The molecule has 1 aliphatic rings. The first kappa shape index (κ1) is 24.6. The molecule has 1 heterocycles. The maximum absolute atomic E-state index is 12.3. The van der Waals surface area contributed by atoms with Crippen LogP contribution in [0.3, 0.4) is 0 Å². The van der Waals surface area contributed by atoms with Gasteiger partial charge in [-0.1, -0.05) is 63.9 Å². The predicted molar refractivity (Wildman–Crippen MR) is 110 cm³/mol. The topological polar surface area (TPSA) is 74.5 Å². The van der Waals surface area contributed by atoms with E-state index in [1.807, 2.05) is 34.6 Å². The van der Waals surface area contributed by atoms with Crippen LogP contribution >= 0.6 is 0 Å². The summed E-state index contributed by atoms with van der Waals surface area (Å²) in [7, 11) is 1.60. The summed E-state index contributed by atoms with van der Waals surface area (Å²) in [5, 5.41) is 3.94. The maximum atomic E-state index is 12.3. The number of aromatic nitrogens is 2. The summed E-state index contributed by atoms with van der Waals surface area (Å²) in [6.07, 6.45) is 10.2. The highest BCUT2D eigenvalue weighted by Crippen LogP contribution is 2.31. The van der Waals surface area contributed by atoms with Gasteiger partial charge in [0.2, 0.25) is 5.89 Å². The van der Waals surface area contributed by atoms with E-state index in [1.54, 1.807) is 7.11 Å². The lowest BCUT2D eigenvalue weighted by Gasteiger charge is -2.23. The average molecular weight is 397 g/mol. The van der Waals surface area contributed by atoms with Crippen molar-refractivity contribution in [2.24, 2.45) is 5.92 Å². The Balaban J connectivity index is 0.00000190. The van der Waals surface area contributed by atoms with Gasteiger partial charge in [-0.3, -0.25) is 4.79 Å². The summed E-state index contributed by atoms with van der Waals surface area (Å²) in [5.41, 5.74) is -0.486. The summed E-state index contributed by atoms with van der Waals surface area (Å²) in [4.78, 5) is 16.7. The number of nitrogens with zero attached hydrogens (tertiary/aromatic N) is 2. The molecule has 6 nitrogen and oxygen atoms in total. The smallest absolute Gasteiger partial charge is 0.307 e. The van der Waals surface area contributed by atoms with Gasteiger partial charge in [-0.2, -0.15) is 4.98 Å². The zero-order valence-corrected chi connectivity index (χ0v) is 18.8. The third-order valence-electron chi connectivity index (χ3n) is 4.83. The van der Waals surface area contributed by atoms with E-state index in [0.29, 0.717) is 18.3 Å². The van der Waals surface area contributed by atoms with Crippen LogP contribution in [0.1, 0.15) is 110 Å². The van der Waals surface area contributed by atoms with E-state index in [1.165, 1.54) is 38.5 Å². The lowest BCUT2D eigenvalue weighted by Crippen LogP contribution is -2.25. The Bertz CT molecular complexity index is 545. The van der Waals surface area contributed by atoms with Crippen molar-refractivity contribution in [2.45, 2.75) is 111 Å². The van der Waals surface area contributed by atoms with Crippen LogP contribution in [0, 0.1) is 5.92 Å². The molecule has 0 N–H and O–H groups in total. The lowest BCUT2D eigenvalue weighted by atomic mass is 9.84.